The molecule has 0 saturated heterocycles. The van der Waals surface area contributed by atoms with E-state index in [9.17, 15) is 4.79 Å². The van der Waals surface area contributed by atoms with Crippen molar-refractivity contribution in [1.29, 1.82) is 5.26 Å². The standard InChI is InChI=1S/C25H27N3OS/c1-18(2)16-20-5-9-21(10-6-20)25(23-4-3-15-30-23)27-17-24(29)28-22-11-7-19(8-12-22)13-14-26/h3-12,15,18,25,27H,13,16-17H2,1-2H3,(H,28,29)/t25-/m0/s1. The van der Waals surface area contributed by atoms with Crippen molar-refractivity contribution in [2.24, 2.45) is 5.92 Å². The van der Waals surface area contributed by atoms with Gasteiger partial charge in [-0.25, -0.2) is 0 Å². The van der Waals surface area contributed by atoms with Gasteiger partial charge in [-0.1, -0.05) is 56.3 Å². The smallest absolute Gasteiger partial charge is 0.238 e. The molecule has 1 atom stereocenters. The third-order valence-corrected chi connectivity index (χ3v) is 5.71. The molecule has 2 N–H and O–H groups in total. The van der Waals surface area contributed by atoms with Crippen molar-refractivity contribution in [3.63, 3.8) is 0 Å². The quantitative estimate of drug-likeness (QED) is 0.494. The van der Waals surface area contributed by atoms with Crippen LogP contribution in [0.3, 0.4) is 0 Å². The first-order valence-corrected chi connectivity index (χ1v) is 11.0. The Morgan fingerprint density at radius 3 is 2.33 bits per heavy atom. The van der Waals surface area contributed by atoms with E-state index in [0.717, 1.165) is 23.2 Å². The van der Waals surface area contributed by atoms with Crippen LogP contribution in [0.1, 0.15) is 41.5 Å². The Hall–Kier alpha value is -2.94. The number of amides is 1. The van der Waals surface area contributed by atoms with Crippen LogP contribution in [0.25, 0.3) is 0 Å². The number of benzene rings is 2. The highest BCUT2D eigenvalue weighted by Crippen LogP contribution is 2.26. The fourth-order valence-electron chi connectivity index (χ4n) is 3.35. The minimum Gasteiger partial charge on any atom is -0.325 e. The van der Waals surface area contributed by atoms with Gasteiger partial charge in [-0.05, 0) is 52.6 Å². The summed E-state index contributed by atoms with van der Waals surface area (Å²) < 4.78 is 0. The van der Waals surface area contributed by atoms with Crippen molar-refractivity contribution in [3.05, 3.63) is 87.6 Å². The van der Waals surface area contributed by atoms with Crippen LogP contribution in [-0.2, 0) is 17.6 Å². The molecule has 0 bridgehead atoms. The maximum absolute atomic E-state index is 12.5. The van der Waals surface area contributed by atoms with Crippen LogP contribution in [0.4, 0.5) is 5.69 Å². The van der Waals surface area contributed by atoms with Crippen molar-refractivity contribution in [2.45, 2.75) is 32.7 Å². The first-order chi connectivity index (χ1) is 14.5. The number of rotatable bonds is 9. The zero-order chi connectivity index (χ0) is 21.3. The minimum atomic E-state index is -0.0963. The molecule has 0 spiro atoms. The van der Waals surface area contributed by atoms with Gasteiger partial charge in [-0.2, -0.15) is 5.26 Å². The first kappa shape index (κ1) is 21.8. The summed E-state index contributed by atoms with van der Waals surface area (Å²) in [4.78, 5) is 13.7. The van der Waals surface area contributed by atoms with E-state index in [2.05, 4.69) is 66.3 Å². The number of thiophene rings is 1. The van der Waals surface area contributed by atoms with E-state index in [1.54, 1.807) is 11.3 Å². The van der Waals surface area contributed by atoms with Crippen LogP contribution < -0.4 is 10.6 Å². The SMILES string of the molecule is CC(C)Cc1ccc([C@H](NCC(=O)Nc2ccc(CC#N)cc2)c2cccs2)cc1. The lowest BCUT2D eigenvalue weighted by Crippen LogP contribution is -2.31. The summed E-state index contributed by atoms with van der Waals surface area (Å²) in [5.74, 6) is 0.528. The molecule has 4 nitrogen and oxygen atoms in total. The zero-order valence-corrected chi connectivity index (χ0v) is 18.2. The Balaban J connectivity index is 1.64. The number of anilines is 1. The predicted molar refractivity (Wildman–Crippen MR) is 124 cm³/mol. The molecule has 5 heteroatoms. The molecule has 154 valence electrons. The van der Waals surface area contributed by atoms with E-state index in [4.69, 9.17) is 5.26 Å². The van der Waals surface area contributed by atoms with Crippen LogP contribution in [0.15, 0.2) is 66.0 Å². The van der Waals surface area contributed by atoms with Crippen molar-refractivity contribution in [1.82, 2.24) is 5.32 Å². The molecule has 0 saturated carbocycles. The van der Waals surface area contributed by atoms with E-state index in [-0.39, 0.29) is 18.5 Å². The molecule has 0 aliphatic carbocycles. The van der Waals surface area contributed by atoms with E-state index in [1.807, 2.05) is 30.3 Å². The lowest BCUT2D eigenvalue weighted by atomic mass is 9.99. The summed E-state index contributed by atoms with van der Waals surface area (Å²) >= 11 is 1.68. The summed E-state index contributed by atoms with van der Waals surface area (Å²) in [6.07, 6.45) is 1.43. The number of nitrogens with zero attached hydrogens (tertiary/aromatic N) is 1. The molecule has 30 heavy (non-hydrogen) atoms. The average Bonchev–Trinajstić information content (AvgIpc) is 3.25. The molecule has 1 aromatic heterocycles. The molecule has 0 unspecified atom stereocenters. The maximum atomic E-state index is 12.5. The number of carbonyl (C=O) groups excluding carboxylic acids is 1. The molecule has 3 aromatic rings. The molecule has 1 heterocycles. The molecule has 1 amide bonds. The first-order valence-electron chi connectivity index (χ1n) is 10.2. The second-order valence-corrected chi connectivity index (χ2v) is 8.73. The molecule has 2 aromatic carbocycles. The highest BCUT2D eigenvalue weighted by molar-refractivity contribution is 7.10. The van der Waals surface area contributed by atoms with Crippen molar-refractivity contribution >= 4 is 22.9 Å². The summed E-state index contributed by atoms with van der Waals surface area (Å²) in [6, 6.07) is 22.3. The Labute approximate surface area is 182 Å². The maximum Gasteiger partial charge on any atom is 0.238 e. The second kappa shape index (κ2) is 10.7. The minimum absolute atomic E-state index is 0.0261. The van der Waals surface area contributed by atoms with Crippen molar-refractivity contribution < 1.29 is 4.79 Å². The number of hydrogen-bond donors (Lipinski definition) is 2. The van der Waals surface area contributed by atoms with Gasteiger partial charge in [0, 0.05) is 10.6 Å². The van der Waals surface area contributed by atoms with Crippen LogP contribution in [0.5, 0.6) is 0 Å². The monoisotopic (exact) mass is 417 g/mol. The normalized spacial score (nSPS) is 11.8. The molecule has 0 radical (unpaired) electrons. The lowest BCUT2D eigenvalue weighted by molar-refractivity contribution is -0.115. The number of hydrogen-bond acceptors (Lipinski definition) is 4. The molecular formula is C25H27N3OS. The molecule has 3 rings (SSSR count). The fourth-order valence-corrected chi connectivity index (χ4v) is 4.18. The Morgan fingerprint density at radius 2 is 1.73 bits per heavy atom. The topological polar surface area (TPSA) is 64.9 Å². The lowest BCUT2D eigenvalue weighted by Gasteiger charge is -2.19. The second-order valence-electron chi connectivity index (χ2n) is 7.75. The predicted octanol–water partition coefficient (Wildman–Crippen LogP) is 5.33. The van der Waals surface area contributed by atoms with Gasteiger partial charge in [0.2, 0.25) is 5.91 Å². The highest BCUT2D eigenvalue weighted by atomic mass is 32.1. The Morgan fingerprint density at radius 1 is 1.03 bits per heavy atom. The van der Waals surface area contributed by atoms with Crippen LogP contribution in [-0.4, -0.2) is 12.5 Å². The van der Waals surface area contributed by atoms with Gasteiger partial charge in [0.1, 0.15) is 0 Å². The average molecular weight is 418 g/mol. The number of carbonyl (C=O) groups is 1. The summed E-state index contributed by atoms with van der Waals surface area (Å²) in [5.41, 5.74) is 4.15. The summed E-state index contributed by atoms with van der Waals surface area (Å²) in [5, 5.41) is 17.1. The molecule has 0 aliphatic rings. The number of nitrogens with one attached hydrogen (secondary N) is 2. The van der Waals surface area contributed by atoms with Gasteiger partial charge >= 0.3 is 0 Å². The Bertz CT molecular complexity index is 971. The summed E-state index contributed by atoms with van der Waals surface area (Å²) in [7, 11) is 0. The van der Waals surface area contributed by atoms with E-state index >= 15 is 0 Å². The van der Waals surface area contributed by atoms with Gasteiger partial charge < -0.3 is 5.32 Å². The summed E-state index contributed by atoms with van der Waals surface area (Å²) in [6.45, 7) is 4.65. The van der Waals surface area contributed by atoms with E-state index < -0.39 is 0 Å². The third kappa shape index (κ3) is 6.28. The zero-order valence-electron chi connectivity index (χ0n) is 17.4. The van der Waals surface area contributed by atoms with E-state index in [1.165, 1.54) is 10.4 Å². The molecular weight excluding hydrogens is 390 g/mol. The molecule has 0 fully saturated rings. The Kier molecular flexibility index (Phi) is 7.78. The largest absolute Gasteiger partial charge is 0.325 e. The van der Waals surface area contributed by atoms with Gasteiger partial charge in [0.15, 0.2) is 0 Å². The van der Waals surface area contributed by atoms with Gasteiger partial charge in [-0.15, -0.1) is 11.3 Å². The van der Waals surface area contributed by atoms with Crippen LogP contribution in [0.2, 0.25) is 0 Å². The fraction of sp³-hybridized carbons (Fsp3) is 0.280. The van der Waals surface area contributed by atoms with Crippen molar-refractivity contribution in [3.8, 4) is 6.07 Å². The van der Waals surface area contributed by atoms with Crippen LogP contribution in [0, 0.1) is 17.2 Å². The van der Waals surface area contributed by atoms with E-state index in [0.29, 0.717) is 12.3 Å². The van der Waals surface area contributed by atoms with Gasteiger partial charge in [0.25, 0.3) is 0 Å². The number of nitriles is 1. The third-order valence-electron chi connectivity index (χ3n) is 4.77. The van der Waals surface area contributed by atoms with Gasteiger partial charge in [0.05, 0.1) is 25.1 Å². The van der Waals surface area contributed by atoms with Gasteiger partial charge in [-0.3, -0.25) is 10.1 Å². The molecule has 0 aliphatic heterocycles. The van der Waals surface area contributed by atoms with Crippen molar-refractivity contribution in [2.75, 3.05) is 11.9 Å². The highest BCUT2D eigenvalue weighted by Gasteiger charge is 2.16. The van der Waals surface area contributed by atoms with Crippen LogP contribution >= 0.6 is 11.3 Å².